The number of carbonyl (C=O) groups excluding carboxylic acids is 1. The molecule has 1 saturated heterocycles. The van der Waals surface area contributed by atoms with Crippen molar-refractivity contribution in [2.45, 2.75) is 13.3 Å². The molecule has 1 aliphatic heterocycles. The van der Waals surface area contributed by atoms with Crippen molar-refractivity contribution < 1.29 is 4.79 Å². The van der Waals surface area contributed by atoms with Gasteiger partial charge in [-0.2, -0.15) is 4.98 Å². The van der Waals surface area contributed by atoms with Gasteiger partial charge in [0.25, 0.3) is 0 Å². The van der Waals surface area contributed by atoms with E-state index < -0.39 is 0 Å². The van der Waals surface area contributed by atoms with Gasteiger partial charge >= 0.3 is 0 Å². The summed E-state index contributed by atoms with van der Waals surface area (Å²) in [6.45, 7) is 4.82. The maximum absolute atomic E-state index is 12.5. The van der Waals surface area contributed by atoms with Crippen molar-refractivity contribution in [3.8, 4) is 0 Å². The third kappa shape index (κ3) is 4.43. The highest BCUT2D eigenvalue weighted by molar-refractivity contribution is 6.30. The largest absolute Gasteiger partial charge is 0.363 e. The zero-order valence-corrected chi connectivity index (χ0v) is 16.2. The molecule has 0 N–H and O–H groups in total. The van der Waals surface area contributed by atoms with Crippen molar-refractivity contribution in [3.63, 3.8) is 0 Å². The van der Waals surface area contributed by atoms with Crippen LogP contribution in [0.4, 0.5) is 11.8 Å². The molecule has 26 heavy (non-hydrogen) atoms. The van der Waals surface area contributed by atoms with Crippen LogP contribution < -0.4 is 9.80 Å². The summed E-state index contributed by atoms with van der Waals surface area (Å²) >= 11 is 5.90. The zero-order chi connectivity index (χ0) is 18.7. The standard InChI is InChI=1S/C19H24ClN5O/c1-14-12-17(23(2)3)22-19(21-14)25-10-8-24(9-11-25)18(26)13-15-4-6-16(20)7-5-15/h4-7,12H,8-11,13H2,1-3H3. The monoisotopic (exact) mass is 373 g/mol. The van der Waals surface area contributed by atoms with Gasteiger partial charge in [0.2, 0.25) is 11.9 Å². The second-order valence-electron chi connectivity index (χ2n) is 6.73. The van der Waals surface area contributed by atoms with E-state index in [-0.39, 0.29) is 5.91 Å². The highest BCUT2D eigenvalue weighted by Gasteiger charge is 2.23. The SMILES string of the molecule is Cc1cc(N(C)C)nc(N2CCN(C(=O)Cc3ccc(Cl)cc3)CC2)n1. The van der Waals surface area contributed by atoms with Crippen LogP contribution in [-0.2, 0) is 11.2 Å². The summed E-state index contributed by atoms with van der Waals surface area (Å²) < 4.78 is 0. The van der Waals surface area contributed by atoms with Gasteiger partial charge < -0.3 is 14.7 Å². The van der Waals surface area contributed by atoms with Crippen LogP contribution in [0.15, 0.2) is 30.3 Å². The number of carbonyl (C=O) groups is 1. The van der Waals surface area contributed by atoms with Gasteiger partial charge in [-0.1, -0.05) is 23.7 Å². The molecule has 2 heterocycles. The van der Waals surface area contributed by atoms with E-state index in [0.29, 0.717) is 24.5 Å². The predicted molar refractivity (Wildman–Crippen MR) is 105 cm³/mol. The smallest absolute Gasteiger partial charge is 0.227 e. The van der Waals surface area contributed by atoms with Gasteiger partial charge in [0.05, 0.1) is 6.42 Å². The number of amides is 1. The molecule has 1 aliphatic rings. The summed E-state index contributed by atoms with van der Waals surface area (Å²) in [5.74, 6) is 1.78. The van der Waals surface area contributed by atoms with Crippen LogP contribution in [0, 0.1) is 6.92 Å². The number of hydrogen-bond acceptors (Lipinski definition) is 5. The van der Waals surface area contributed by atoms with Gasteiger partial charge in [0.1, 0.15) is 5.82 Å². The van der Waals surface area contributed by atoms with Crippen LogP contribution >= 0.6 is 11.6 Å². The summed E-state index contributed by atoms with van der Waals surface area (Å²) in [4.78, 5) is 27.7. The van der Waals surface area contributed by atoms with E-state index in [2.05, 4.69) is 14.9 Å². The van der Waals surface area contributed by atoms with Crippen molar-refractivity contribution in [3.05, 3.63) is 46.6 Å². The number of nitrogens with zero attached hydrogens (tertiary/aromatic N) is 5. The van der Waals surface area contributed by atoms with Crippen molar-refractivity contribution in [2.75, 3.05) is 50.1 Å². The number of hydrogen-bond donors (Lipinski definition) is 0. The Balaban J connectivity index is 1.60. The minimum absolute atomic E-state index is 0.145. The third-order valence-electron chi connectivity index (χ3n) is 4.47. The molecule has 1 amide bonds. The Hall–Kier alpha value is -2.34. The van der Waals surface area contributed by atoms with Gasteiger partial charge in [-0.25, -0.2) is 4.98 Å². The molecule has 0 spiro atoms. The number of piperazine rings is 1. The molecule has 1 aromatic heterocycles. The topological polar surface area (TPSA) is 52.6 Å². The highest BCUT2D eigenvalue weighted by atomic mass is 35.5. The lowest BCUT2D eigenvalue weighted by Gasteiger charge is -2.35. The first-order valence-corrected chi connectivity index (χ1v) is 9.10. The average Bonchev–Trinajstić information content (AvgIpc) is 2.63. The first-order chi connectivity index (χ1) is 12.4. The summed E-state index contributed by atoms with van der Waals surface area (Å²) in [5.41, 5.74) is 1.93. The molecule has 0 unspecified atom stereocenters. The van der Waals surface area contributed by atoms with E-state index >= 15 is 0 Å². The van der Waals surface area contributed by atoms with Crippen molar-refractivity contribution in [2.24, 2.45) is 0 Å². The second-order valence-corrected chi connectivity index (χ2v) is 7.17. The Labute approximate surface area is 159 Å². The normalized spacial score (nSPS) is 14.5. The number of aromatic nitrogens is 2. The Morgan fingerprint density at radius 1 is 1.12 bits per heavy atom. The summed E-state index contributed by atoms with van der Waals surface area (Å²) in [6.07, 6.45) is 0.406. The molecule has 0 radical (unpaired) electrons. The fraction of sp³-hybridized carbons (Fsp3) is 0.421. The van der Waals surface area contributed by atoms with E-state index in [1.165, 1.54) is 0 Å². The Kier molecular flexibility index (Phi) is 5.61. The van der Waals surface area contributed by atoms with E-state index in [4.69, 9.17) is 11.6 Å². The van der Waals surface area contributed by atoms with Gasteiger partial charge in [0.15, 0.2) is 0 Å². The predicted octanol–water partition coefficient (Wildman–Crippen LogP) is 2.40. The summed E-state index contributed by atoms with van der Waals surface area (Å²) in [6, 6.07) is 9.41. The minimum atomic E-state index is 0.145. The fourth-order valence-corrected chi connectivity index (χ4v) is 3.08. The molecule has 6 nitrogen and oxygen atoms in total. The molecule has 0 bridgehead atoms. The molecule has 0 atom stereocenters. The molecule has 0 saturated carbocycles. The lowest BCUT2D eigenvalue weighted by Crippen LogP contribution is -2.49. The quantitative estimate of drug-likeness (QED) is 0.823. The lowest BCUT2D eigenvalue weighted by atomic mass is 10.1. The van der Waals surface area contributed by atoms with Gasteiger partial charge in [-0.3, -0.25) is 4.79 Å². The molecule has 3 rings (SSSR count). The molecule has 1 aromatic carbocycles. The number of halogens is 1. The molecule has 0 aliphatic carbocycles. The second kappa shape index (κ2) is 7.91. The average molecular weight is 374 g/mol. The summed E-state index contributed by atoms with van der Waals surface area (Å²) in [5, 5.41) is 0.685. The minimum Gasteiger partial charge on any atom is -0.363 e. The Morgan fingerprint density at radius 3 is 2.38 bits per heavy atom. The number of benzene rings is 1. The van der Waals surface area contributed by atoms with Crippen LogP contribution in [0.25, 0.3) is 0 Å². The van der Waals surface area contributed by atoms with Gasteiger partial charge in [-0.05, 0) is 24.6 Å². The van der Waals surface area contributed by atoms with Crippen LogP contribution in [0.5, 0.6) is 0 Å². The lowest BCUT2D eigenvalue weighted by molar-refractivity contribution is -0.130. The molecular weight excluding hydrogens is 350 g/mol. The van der Waals surface area contributed by atoms with E-state index in [1.807, 2.05) is 61.2 Å². The van der Waals surface area contributed by atoms with Crippen LogP contribution in [-0.4, -0.2) is 61.0 Å². The molecule has 1 fully saturated rings. The van der Waals surface area contributed by atoms with Gasteiger partial charge in [0, 0.05) is 57.1 Å². The first kappa shape index (κ1) is 18.5. The summed E-state index contributed by atoms with van der Waals surface area (Å²) in [7, 11) is 3.94. The Bertz CT molecular complexity index is 770. The van der Waals surface area contributed by atoms with E-state index in [1.54, 1.807) is 0 Å². The van der Waals surface area contributed by atoms with Crippen LogP contribution in [0.2, 0.25) is 5.02 Å². The number of aryl methyl sites for hydroxylation is 1. The zero-order valence-electron chi connectivity index (χ0n) is 15.4. The Morgan fingerprint density at radius 2 is 1.77 bits per heavy atom. The van der Waals surface area contributed by atoms with Gasteiger partial charge in [-0.15, -0.1) is 0 Å². The fourth-order valence-electron chi connectivity index (χ4n) is 2.95. The van der Waals surface area contributed by atoms with Crippen LogP contribution in [0.3, 0.4) is 0 Å². The highest BCUT2D eigenvalue weighted by Crippen LogP contribution is 2.18. The third-order valence-corrected chi connectivity index (χ3v) is 4.72. The first-order valence-electron chi connectivity index (χ1n) is 8.72. The molecule has 138 valence electrons. The molecular formula is C19H24ClN5O. The maximum atomic E-state index is 12.5. The molecule has 7 heteroatoms. The van der Waals surface area contributed by atoms with E-state index in [0.717, 1.165) is 36.1 Å². The van der Waals surface area contributed by atoms with Crippen molar-refractivity contribution in [1.82, 2.24) is 14.9 Å². The van der Waals surface area contributed by atoms with Crippen molar-refractivity contribution in [1.29, 1.82) is 0 Å². The number of anilines is 2. The molecule has 2 aromatic rings. The van der Waals surface area contributed by atoms with Crippen molar-refractivity contribution >= 4 is 29.3 Å². The number of rotatable bonds is 4. The maximum Gasteiger partial charge on any atom is 0.227 e. The van der Waals surface area contributed by atoms with E-state index in [9.17, 15) is 4.79 Å². The van der Waals surface area contributed by atoms with Crippen LogP contribution in [0.1, 0.15) is 11.3 Å².